The number of carbonyl (C=O) groups excluding carboxylic acids is 3. The number of aliphatic hydroxyl groups is 1. The maximum absolute atomic E-state index is 12.0. The molecular formula is C12H23N3O4S. The molecule has 0 heterocycles. The molecule has 20 heavy (non-hydrogen) atoms. The second kappa shape index (κ2) is 9.73. The first-order valence-corrected chi connectivity index (χ1v) is 7.38. The standard InChI is InChI=1S/C12H23N3O4S/c1-12(2,19)6-9(7-16)15-10(18)11(14-8-17)20-5-3-4-13/h7-9,11,19H,3-6,13H2,1-2H3,(H,14,17)(H,15,18)/t9?,11-/m1/s1. The number of carbonyl (C=O) groups is 3. The van der Waals surface area contributed by atoms with Crippen LogP contribution in [0.5, 0.6) is 0 Å². The summed E-state index contributed by atoms with van der Waals surface area (Å²) >= 11 is 1.24. The molecule has 0 rings (SSSR count). The van der Waals surface area contributed by atoms with Gasteiger partial charge in [-0.1, -0.05) is 0 Å². The number of amides is 2. The Labute approximate surface area is 123 Å². The predicted molar refractivity (Wildman–Crippen MR) is 78.0 cm³/mol. The van der Waals surface area contributed by atoms with Crippen LogP contribution in [0.25, 0.3) is 0 Å². The van der Waals surface area contributed by atoms with Crippen LogP contribution in [-0.4, -0.2) is 53.0 Å². The van der Waals surface area contributed by atoms with Crippen LogP contribution in [0.1, 0.15) is 26.7 Å². The van der Waals surface area contributed by atoms with Crippen LogP contribution >= 0.6 is 11.8 Å². The van der Waals surface area contributed by atoms with Crippen LogP contribution in [-0.2, 0) is 14.4 Å². The molecule has 0 radical (unpaired) electrons. The average molecular weight is 305 g/mol. The van der Waals surface area contributed by atoms with E-state index >= 15 is 0 Å². The van der Waals surface area contributed by atoms with E-state index in [1.165, 1.54) is 11.8 Å². The molecular weight excluding hydrogens is 282 g/mol. The zero-order chi connectivity index (χ0) is 15.6. The molecule has 2 amide bonds. The van der Waals surface area contributed by atoms with Crippen molar-refractivity contribution >= 4 is 30.4 Å². The minimum absolute atomic E-state index is 0.101. The minimum atomic E-state index is -1.07. The van der Waals surface area contributed by atoms with Crippen LogP contribution in [0.15, 0.2) is 0 Å². The van der Waals surface area contributed by atoms with Crippen molar-refractivity contribution in [2.45, 2.75) is 43.7 Å². The lowest BCUT2D eigenvalue weighted by Crippen LogP contribution is -2.48. The largest absolute Gasteiger partial charge is 0.390 e. The number of nitrogens with one attached hydrogen (secondary N) is 2. The van der Waals surface area contributed by atoms with Gasteiger partial charge in [0.25, 0.3) is 5.91 Å². The van der Waals surface area contributed by atoms with Gasteiger partial charge < -0.3 is 26.3 Å². The second-order valence-corrected chi connectivity index (χ2v) is 6.16. The summed E-state index contributed by atoms with van der Waals surface area (Å²) in [5, 5.41) is 13.8. The fraction of sp³-hybridized carbons (Fsp3) is 0.750. The van der Waals surface area contributed by atoms with Crippen molar-refractivity contribution in [3.8, 4) is 0 Å². The fourth-order valence-corrected chi connectivity index (χ4v) is 2.42. The molecule has 5 N–H and O–H groups in total. The second-order valence-electron chi connectivity index (χ2n) is 4.95. The lowest BCUT2D eigenvalue weighted by Gasteiger charge is -2.24. The van der Waals surface area contributed by atoms with E-state index in [2.05, 4.69) is 10.6 Å². The van der Waals surface area contributed by atoms with Crippen LogP contribution in [0, 0.1) is 0 Å². The minimum Gasteiger partial charge on any atom is -0.390 e. The smallest absolute Gasteiger partial charge is 0.253 e. The molecule has 0 saturated carbocycles. The number of thioether (sulfide) groups is 1. The fourth-order valence-electron chi connectivity index (χ4n) is 1.48. The van der Waals surface area contributed by atoms with Crippen molar-refractivity contribution in [1.29, 1.82) is 0 Å². The summed E-state index contributed by atoms with van der Waals surface area (Å²) in [5.74, 6) is 0.146. The molecule has 0 aromatic heterocycles. The van der Waals surface area contributed by atoms with E-state index in [-0.39, 0.29) is 6.42 Å². The highest BCUT2D eigenvalue weighted by Gasteiger charge is 2.25. The van der Waals surface area contributed by atoms with Crippen molar-refractivity contribution in [3.63, 3.8) is 0 Å². The molecule has 7 nitrogen and oxygen atoms in total. The van der Waals surface area contributed by atoms with Gasteiger partial charge in [0.05, 0.1) is 11.6 Å². The van der Waals surface area contributed by atoms with Crippen molar-refractivity contribution in [1.82, 2.24) is 10.6 Å². The van der Waals surface area contributed by atoms with E-state index in [1.54, 1.807) is 13.8 Å². The Morgan fingerprint density at radius 3 is 2.55 bits per heavy atom. The first-order chi connectivity index (χ1) is 9.34. The topological polar surface area (TPSA) is 122 Å². The van der Waals surface area contributed by atoms with E-state index in [1.807, 2.05) is 0 Å². The monoisotopic (exact) mass is 305 g/mol. The first kappa shape index (κ1) is 18.9. The molecule has 0 aliphatic heterocycles. The maximum atomic E-state index is 12.0. The van der Waals surface area contributed by atoms with Gasteiger partial charge in [-0.15, -0.1) is 11.8 Å². The Balaban J connectivity index is 4.47. The van der Waals surface area contributed by atoms with Crippen LogP contribution < -0.4 is 16.4 Å². The van der Waals surface area contributed by atoms with Gasteiger partial charge in [-0.05, 0) is 32.6 Å². The number of rotatable bonds is 11. The lowest BCUT2D eigenvalue weighted by molar-refractivity contribution is -0.126. The molecule has 0 spiro atoms. The SMILES string of the molecule is CC(C)(O)CC(C=O)NC(=O)[C@H](NC=O)SCCCN. The highest BCUT2D eigenvalue weighted by molar-refractivity contribution is 8.00. The molecule has 0 aromatic rings. The molecule has 0 aromatic carbocycles. The van der Waals surface area contributed by atoms with E-state index < -0.39 is 22.9 Å². The number of hydrogen-bond donors (Lipinski definition) is 4. The van der Waals surface area contributed by atoms with E-state index in [4.69, 9.17) is 5.73 Å². The van der Waals surface area contributed by atoms with E-state index in [0.29, 0.717) is 25.0 Å². The average Bonchev–Trinajstić information content (AvgIpc) is 2.35. The van der Waals surface area contributed by atoms with Crippen molar-refractivity contribution in [3.05, 3.63) is 0 Å². The van der Waals surface area contributed by atoms with Crippen molar-refractivity contribution < 1.29 is 19.5 Å². The molecule has 2 atom stereocenters. The summed E-state index contributed by atoms with van der Waals surface area (Å²) in [6, 6.07) is -0.798. The van der Waals surface area contributed by atoms with Crippen molar-refractivity contribution in [2.75, 3.05) is 12.3 Å². The third-order valence-electron chi connectivity index (χ3n) is 2.30. The third kappa shape index (κ3) is 8.89. The Morgan fingerprint density at radius 1 is 1.45 bits per heavy atom. The third-order valence-corrected chi connectivity index (χ3v) is 3.51. The Bertz CT molecular complexity index is 320. The zero-order valence-electron chi connectivity index (χ0n) is 11.8. The normalized spacial score (nSPS) is 14.2. The molecule has 8 heteroatoms. The van der Waals surface area contributed by atoms with Crippen LogP contribution in [0.2, 0.25) is 0 Å². The van der Waals surface area contributed by atoms with Crippen molar-refractivity contribution in [2.24, 2.45) is 5.73 Å². The van der Waals surface area contributed by atoms with Gasteiger partial charge in [0.15, 0.2) is 5.37 Å². The highest BCUT2D eigenvalue weighted by Crippen LogP contribution is 2.12. The molecule has 1 unspecified atom stereocenters. The lowest BCUT2D eigenvalue weighted by atomic mass is 10.00. The van der Waals surface area contributed by atoms with Gasteiger partial charge in [-0.25, -0.2) is 0 Å². The summed E-state index contributed by atoms with van der Waals surface area (Å²) in [5.41, 5.74) is 4.29. The van der Waals surface area contributed by atoms with E-state index in [9.17, 15) is 19.5 Å². The van der Waals surface area contributed by atoms with Gasteiger partial charge in [-0.3, -0.25) is 9.59 Å². The molecule has 0 aliphatic carbocycles. The highest BCUT2D eigenvalue weighted by atomic mass is 32.2. The molecule has 0 bridgehead atoms. The quantitative estimate of drug-likeness (QED) is 0.220. The van der Waals surface area contributed by atoms with Gasteiger partial charge in [0.1, 0.15) is 6.29 Å². The number of aldehydes is 1. The predicted octanol–water partition coefficient (Wildman–Crippen LogP) is -1.01. The van der Waals surface area contributed by atoms with Gasteiger partial charge in [0.2, 0.25) is 6.41 Å². The first-order valence-electron chi connectivity index (χ1n) is 6.33. The van der Waals surface area contributed by atoms with Crippen LogP contribution in [0.3, 0.4) is 0 Å². The Kier molecular flexibility index (Phi) is 9.19. The molecule has 0 fully saturated rings. The molecule has 0 saturated heterocycles. The number of nitrogens with two attached hydrogens (primary N) is 1. The summed E-state index contributed by atoms with van der Waals surface area (Å²) in [6.45, 7) is 3.59. The summed E-state index contributed by atoms with van der Waals surface area (Å²) in [7, 11) is 0. The summed E-state index contributed by atoms with van der Waals surface area (Å²) in [4.78, 5) is 33.4. The van der Waals surface area contributed by atoms with Gasteiger partial charge >= 0.3 is 0 Å². The van der Waals surface area contributed by atoms with Crippen LogP contribution in [0.4, 0.5) is 0 Å². The maximum Gasteiger partial charge on any atom is 0.253 e. The molecule has 0 aliphatic rings. The summed E-state index contributed by atoms with van der Waals surface area (Å²) in [6.07, 6.45) is 1.82. The Hall–Kier alpha value is -1.12. The van der Waals surface area contributed by atoms with Gasteiger partial charge in [-0.2, -0.15) is 0 Å². The zero-order valence-corrected chi connectivity index (χ0v) is 12.6. The van der Waals surface area contributed by atoms with E-state index in [0.717, 1.165) is 6.42 Å². The Morgan fingerprint density at radius 2 is 2.10 bits per heavy atom. The summed E-state index contributed by atoms with van der Waals surface area (Å²) < 4.78 is 0. The number of hydrogen-bond acceptors (Lipinski definition) is 6. The molecule has 116 valence electrons. The van der Waals surface area contributed by atoms with Gasteiger partial charge in [0, 0.05) is 6.42 Å².